The van der Waals surface area contributed by atoms with Crippen molar-refractivity contribution in [2.45, 2.75) is 6.92 Å². The molecule has 7 heteroatoms. The molecule has 104 valence electrons. The number of nitrogens with zero attached hydrogens (tertiary/aromatic N) is 2. The Labute approximate surface area is 129 Å². The van der Waals surface area contributed by atoms with E-state index in [0.717, 1.165) is 0 Å². The first-order chi connectivity index (χ1) is 9.61. The average Bonchev–Trinajstić information content (AvgIpc) is 2.44. The summed E-state index contributed by atoms with van der Waals surface area (Å²) in [7, 11) is 0. The minimum atomic E-state index is -0.347. The van der Waals surface area contributed by atoms with Gasteiger partial charge in [-0.15, -0.1) is 0 Å². The van der Waals surface area contributed by atoms with Crippen molar-refractivity contribution >= 4 is 44.9 Å². The van der Waals surface area contributed by atoms with E-state index in [1.54, 1.807) is 24.4 Å². The lowest BCUT2D eigenvalue weighted by Crippen LogP contribution is -2.15. The monoisotopic (exact) mass is 354 g/mol. The summed E-state index contributed by atoms with van der Waals surface area (Å²) in [5, 5.41) is 6.26. The zero-order chi connectivity index (χ0) is 14.5. The number of hydrogen-bond donors (Lipinski definition) is 2. The molecule has 1 aromatic heterocycles. The Morgan fingerprint density at radius 1 is 1.40 bits per heavy atom. The molecule has 0 saturated heterocycles. The second-order valence-corrected chi connectivity index (χ2v) is 5.08. The minimum Gasteiger partial charge on any atom is -0.369 e. The quantitative estimate of drug-likeness (QED) is 0.880. The summed E-state index contributed by atoms with van der Waals surface area (Å²) in [6.45, 7) is 2.65. The number of carbonyl (C=O) groups is 1. The van der Waals surface area contributed by atoms with Gasteiger partial charge in [-0.3, -0.25) is 9.78 Å². The molecule has 0 atom stereocenters. The van der Waals surface area contributed by atoms with Crippen LogP contribution in [0.25, 0.3) is 0 Å². The first-order valence-electron chi connectivity index (χ1n) is 5.93. The van der Waals surface area contributed by atoms with Gasteiger partial charge in [-0.25, -0.2) is 4.98 Å². The van der Waals surface area contributed by atoms with Crippen molar-refractivity contribution < 1.29 is 4.79 Å². The van der Waals surface area contributed by atoms with Crippen LogP contribution < -0.4 is 10.6 Å². The SMILES string of the molecule is CCNc1cncc(C(=O)Nc2cccc(Cl)c2Br)n1. The van der Waals surface area contributed by atoms with Crippen molar-refractivity contribution in [1.29, 1.82) is 0 Å². The Balaban J connectivity index is 2.19. The van der Waals surface area contributed by atoms with E-state index in [-0.39, 0.29) is 11.6 Å². The van der Waals surface area contributed by atoms with Crippen LogP contribution in [-0.2, 0) is 0 Å². The fourth-order valence-electron chi connectivity index (χ4n) is 1.53. The molecule has 1 heterocycles. The average molecular weight is 356 g/mol. The predicted octanol–water partition coefficient (Wildman–Crippen LogP) is 3.58. The molecule has 0 unspecified atom stereocenters. The fraction of sp³-hybridized carbons (Fsp3) is 0.154. The van der Waals surface area contributed by atoms with Gasteiger partial charge in [0.2, 0.25) is 0 Å². The number of amides is 1. The lowest BCUT2D eigenvalue weighted by molar-refractivity contribution is 0.102. The van der Waals surface area contributed by atoms with Crippen molar-refractivity contribution in [3.63, 3.8) is 0 Å². The van der Waals surface area contributed by atoms with E-state index in [2.05, 4.69) is 36.5 Å². The van der Waals surface area contributed by atoms with Crippen molar-refractivity contribution in [2.24, 2.45) is 0 Å². The molecule has 0 aliphatic rings. The van der Waals surface area contributed by atoms with Crippen LogP contribution in [0.1, 0.15) is 17.4 Å². The van der Waals surface area contributed by atoms with Gasteiger partial charge < -0.3 is 10.6 Å². The van der Waals surface area contributed by atoms with Crippen molar-refractivity contribution in [2.75, 3.05) is 17.2 Å². The maximum absolute atomic E-state index is 12.1. The highest BCUT2D eigenvalue weighted by Gasteiger charge is 2.12. The number of rotatable bonds is 4. The van der Waals surface area contributed by atoms with Gasteiger partial charge in [0, 0.05) is 6.54 Å². The lowest BCUT2D eigenvalue weighted by atomic mass is 10.3. The third kappa shape index (κ3) is 3.46. The summed E-state index contributed by atoms with van der Waals surface area (Å²) in [4.78, 5) is 20.3. The van der Waals surface area contributed by atoms with Crippen LogP contribution in [0, 0.1) is 0 Å². The largest absolute Gasteiger partial charge is 0.369 e. The summed E-state index contributed by atoms with van der Waals surface area (Å²) in [5.74, 6) is 0.213. The Hall–Kier alpha value is -1.66. The molecule has 2 rings (SSSR count). The number of halogens is 2. The van der Waals surface area contributed by atoms with Gasteiger partial charge in [-0.05, 0) is 35.0 Å². The number of aromatic nitrogens is 2. The van der Waals surface area contributed by atoms with Crippen LogP contribution >= 0.6 is 27.5 Å². The van der Waals surface area contributed by atoms with Crippen molar-refractivity contribution in [3.8, 4) is 0 Å². The van der Waals surface area contributed by atoms with Crippen LogP contribution in [0.4, 0.5) is 11.5 Å². The van der Waals surface area contributed by atoms with Gasteiger partial charge in [-0.1, -0.05) is 17.7 Å². The number of carbonyl (C=O) groups excluding carboxylic acids is 1. The first-order valence-corrected chi connectivity index (χ1v) is 7.10. The number of nitrogens with one attached hydrogen (secondary N) is 2. The molecule has 0 aliphatic heterocycles. The van der Waals surface area contributed by atoms with E-state index in [0.29, 0.717) is 27.5 Å². The molecule has 1 amide bonds. The zero-order valence-electron chi connectivity index (χ0n) is 10.7. The zero-order valence-corrected chi connectivity index (χ0v) is 13.0. The maximum atomic E-state index is 12.1. The van der Waals surface area contributed by atoms with Crippen LogP contribution in [0.5, 0.6) is 0 Å². The van der Waals surface area contributed by atoms with E-state index in [9.17, 15) is 4.79 Å². The van der Waals surface area contributed by atoms with E-state index < -0.39 is 0 Å². The third-order valence-electron chi connectivity index (χ3n) is 2.42. The summed E-state index contributed by atoms with van der Waals surface area (Å²) >= 11 is 9.30. The number of benzene rings is 1. The molecule has 2 aromatic rings. The van der Waals surface area contributed by atoms with E-state index >= 15 is 0 Å². The predicted molar refractivity (Wildman–Crippen MR) is 83.3 cm³/mol. The molecule has 0 bridgehead atoms. The molecule has 0 fully saturated rings. The second kappa shape index (κ2) is 6.67. The van der Waals surface area contributed by atoms with Gasteiger partial charge in [-0.2, -0.15) is 0 Å². The first kappa shape index (κ1) is 14.7. The van der Waals surface area contributed by atoms with Gasteiger partial charge in [0.05, 0.1) is 27.6 Å². The van der Waals surface area contributed by atoms with E-state index in [1.807, 2.05) is 6.92 Å². The topological polar surface area (TPSA) is 66.9 Å². The summed E-state index contributed by atoms with van der Waals surface area (Å²) in [5.41, 5.74) is 0.813. The van der Waals surface area contributed by atoms with Crippen LogP contribution in [0.15, 0.2) is 35.1 Å². The molecule has 0 aliphatic carbocycles. The molecular formula is C13H12BrClN4O. The van der Waals surface area contributed by atoms with E-state index in [4.69, 9.17) is 11.6 Å². The summed E-state index contributed by atoms with van der Waals surface area (Å²) in [6.07, 6.45) is 2.98. The fourth-order valence-corrected chi connectivity index (χ4v) is 2.07. The highest BCUT2D eigenvalue weighted by molar-refractivity contribution is 9.10. The highest BCUT2D eigenvalue weighted by Crippen LogP contribution is 2.30. The van der Waals surface area contributed by atoms with Crippen LogP contribution in [0.2, 0.25) is 5.02 Å². The molecule has 0 spiro atoms. The molecular weight excluding hydrogens is 344 g/mol. The van der Waals surface area contributed by atoms with Crippen LogP contribution in [-0.4, -0.2) is 22.4 Å². The smallest absolute Gasteiger partial charge is 0.275 e. The number of hydrogen-bond acceptors (Lipinski definition) is 4. The number of anilines is 2. The molecule has 2 N–H and O–H groups in total. The molecule has 1 aromatic carbocycles. The van der Waals surface area contributed by atoms with Crippen LogP contribution in [0.3, 0.4) is 0 Å². The summed E-state index contributed by atoms with van der Waals surface area (Å²) < 4.78 is 0.630. The molecule has 0 saturated carbocycles. The normalized spacial score (nSPS) is 10.2. The van der Waals surface area contributed by atoms with Gasteiger partial charge in [0.15, 0.2) is 0 Å². The Morgan fingerprint density at radius 3 is 2.95 bits per heavy atom. The lowest BCUT2D eigenvalue weighted by Gasteiger charge is -2.08. The highest BCUT2D eigenvalue weighted by atomic mass is 79.9. The second-order valence-electron chi connectivity index (χ2n) is 3.88. The van der Waals surface area contributed by atoms with Gasteiger partial charge in [0.1, 0.15) is 11.5 Å². The summed E-state index contributed by atoms with van der Waals surface area (Å²) in [6, 6.07) is 5.23. The Kier molecular flexibility index (Phi) is 4.92. The minimum absolute atomic E-state index is 0.232. The van der Waals surface area contributed by atoms with Gasteiger partial charge in [0.25, 0.3) is 5.91 Å². The van der Waals surface area contributed by atoms with Crippen molar-refractivity contribution in [1.82, 2.24) is 9.97 Å². The van der Waals surface area contributed by atoms with Crippen molar-refractivity contribution in [3.05, 3.63) is 45.8 Å². The molecule has 5 nitrogen and oxygen atoms in total. The standard InChI is InChI=1S/C13H12BrClN4O/c1-2-17-11-7-16-6-10(18-11)13(20)19-9-5-3-4-8(15)12(9)14/h3-7H,2H2,1H3,(H,17,18)(H,19,20). The van der Waals surface area contributed by atoms with Gasteiger partial charge >= 0.3 is 0 Å². The van der Waals surface area contributed by atoms with E-state index in [1.165, 1.54) is 6.20 Å². The molecule has 0 radical (unpaired) electrons. The maximum Gasteiger partial charge on any atom is 0.275 e. The Bertz CT molecular complexity index is 636. The molecule has 20 heavy (non-hydrogen) atoms. The Morgan fingerprint density at radius 2 is 2.20 bits per heavy atom. The third-order valence-corrected chi connectivity index (χ3v) is 3.82.